The molecule has 0 bridgehead atoms. The van der Waals surface area contributed by atoms with Crippen molar-refractivity contribution in [3.05, 3.63) is 0 Å². The molecule has 14 heavy (non-hydrogen) atoms. The third kappa shape index (κ3) is 17.4. The second kappa shape index (κ2) is 10.4. The van der Waals surface area contributed by atoms with Crippen molar-refractivity contribution < 1.29 is 23.1 Å². The van der Waals surface area contributed by atoms with E-state index < -0.39 is 18.3 Å². The van der Waals surface area contributed by atoms with Gasteiger partial charge in [0.25, 0.3) is 0 Å². The number of ketones is 1. The van der Waals surface area contributed by atoms with Gasteiger partial charge in [-0.1, -0.05) is 11.6 Å². The Morgan fingerprint density at radius 1 is 1.50 bits per heavy atom. The van der Waals surface area contributed by atoms with Gasteiger partial charge in [-0.05, 0) is 13.8 Å². The summed E-state index contributed by atoms with van der Waals surface area (Å²) < 4.78 is 25.9. The van der Waals surface area contributed by atoms with Crippen molar-refractivity contribution in [1.29, 1.82) is 0 Å². The van der Waals surface area contributed by atoms with E-state index in [4.69, 9.17) is 0 Å². The lowest BCUT2D eigenvalue weighted by molar-refractivity contribution is -0.145. The molecule has 0 aliphatic carbocycles. The van der Waals surface area contributed by atoms with Crippen LogP contribution in [0.4, 0.5) is 8.78 Å². The van der Waals surface area contributed by atoms with E-state index >= 15 is 0 Å². The van der Waals surface area contributed by atoms with Crippen molar-refractivity contribution in [2.75, 3.05) is 13.3 Å². The summed E-state index contributed by atoms with van der Waals surface area (Å²) in [6.45, 7) is 2.31. The molecule has 0 radical (unpaired) electrons. The normalized spacial score (nSPS) is 10.9. The second-order valence-corrected chi connectivity index (χ2v) is 2.70. The minimum Gasteiger partial charge on any atom is -0.466 e. The molecule has 0 heterocycles. The summed E-state index contributed by atoms with van der Waals surface area (Å²) in [6, 6.07) is 0. The van der Waals surface area contributed by atoms with Crippen molar-refractivity contribution >= 4 is 23.4 Å². The summed E-state index contributed by atoms with van der Waals surface area (Å²) >= 11 is 4.42. The molecule has 1 unspecified atom stereocenters. The van der Waals surface area contributed by atoms with E-state index in [1.54, 1.807) is 6.92 Å². The van der Waals surface area contributed by atoms with E-state index in [1.165, 1.54) is 6.92 Å². The number of carbonyl (C=O) groups excluding carboxylic acids is 2. The molecular weight excluding hydrogens is 218 g/mol. The van der Waals surface area contributed by atoms with E-state index in [2.05, 4.69) is 16.3 Å². The van der Waals surface area contributed by atoms with Gasteiger partial charge in [-0.15, -0.1) is 0 Å². The highest BCUT2D eigenvalue weighted by Gasteiger charge is 2.03. The number of hydrogen-bond donors (Lipinski definition) is 0. The van der Waals surface area contributed by atoms with E-state index in [1.807, 2.05) is 0 Å². The van der Waals surface area contributed by atoms with Gasteiger partial charge in [0, 0.05) is 0 Å². The molecule has 0 aromatic rings. The van der Waals surface area contributed by atoms with Crippen LogP contribution in [0.2, 0.25) is 0 Å². The largest absolute Gasteiger partial charge is 0.466 e. The number of halogens is 3. The maximum atomic E-state index is 10.8. The van der Waals surface area contributed by atoms with E-state index in [9.17, 15) is 18.4 Å². The van der Waals surface area contributed by atoms with Gasteiger partial charge >= 0.3 is 5.97 Å². The third-order valence-corrected chi connectivity index (χ3v) is 0.932. The summed E-state index contributed by atoms with van der Waals surface area (Å²) in [5.41, 5.74) is -1.81. The summed E-state index contributed by atoms with van der Waals surface area (Å²) in [7, 11) is 0. The van der Waals surface area contributed by atoms with Gasteiger partial charge in [-0.3, -0.25) is 9.59 Å². The van der Waals surface area contributed by atoms with Crippen molar-refractivity contribution in [2.45, 2.75) is 25.9 Å². The summed E-state index contributed by atoms with van der Waals surface area (Å²) in [4.78, 5) is 20.6. The Bertz CT molecular complexity index is 174. The molecule has 0 fully saturated rings. The van der Waals surface area contributed by atoms with Crippen LogP contribution in [-0.4, -0.2) is 30.7 Å². The molecule has 6 heteroatoms. The zero-order valence-electron chi connectivity index (χ0n) is 8.06. The molecule has 0 saturated carbocycles. The van der Waals surface area contributed by atoms with Crippen LogP contribution in [0.1, 0.15) is 20.3 Å². The lowest BCUT2D eigenvalue weighted by Crippen LogP contribution is -2.07. The zero-order valence-corrected chi connectivity index (χ0v) is 8.81. The van der Waals surface area contributed by atoms with Crippen LogP contribution in [0.25, 0.3) is 0 Å². The Hall–Kier alpha value is -0.710. The van der Waals surface area contributed by atoms with Gasteiger partial charge < -0.3 is 4.74 Å². The molecule has 0 aliphatic heterocycles. The Balaban J connectivity index is 0. The highest BCUT2D eigenvalue weighted by atomic mass is 35.5. The number of ether oxygens (including phenoxy) is 1. The number of rotatable bonds is 4. The van der Waals surface area contributed by atoms with Crippen molar-refractivity contribution in [1.82, 2.24) is 0 Å². The average Bonchev–Trinajstić information content (AvgIpc) is 2.04. The second-order valence-electron chi connectivity index (χ2n) is 2.23. The van der Waals surface area contributed by atoms with Gasteiger partial charge in [0.2, 0.25) is 5.63 Å². The van der Waals surface area contributed by atoms with Crippen LogP contribution < -0.4 is 0 Å². The number of hydrogen-bond acceptors (Lipinski definition) is 3. The van der Waals surface area contributed by atoms with Gasteiger partial charge in [0.15, 0.2) is 0 Å². The summed E-state index contributed by atoms with van der Waals surface area (Å²) in [6.07, 6.45) is -0.103. The fourth-order valence-corrected chi connectivity index (χ4v) is 0.415. The monoisotopic (exact) mass is 230 g/mol. The Morgan fingerprint density at radius 3 is 2.14 bits per heavy atom. The molecule has 0 amide bonds. The Kier molecular flexibility index (Phi) is 11.7. The van der Waals surface area contributed by atoms with E-state index in [0.29, 0.717) is 6.61 Å². The zero-order chi connectivity index (χ0) is 11.6. The van der Waals surface area contributed by atoms with Gasteiger partial charge in [0.05, 0.1) is 6.61 Å². The molecular formula is C8H13ClF2O3. The molecule has 0 aromatic heterocycles. The number of esters is 1. The fraction of sp³-hybridized carbons (Fsp3) is 0.750. The van der Waals surface area contributed by atoms with Crippen LogP contribution in [0, 0.1) is 0 Å². The molecule has 84 valence electrons. The highest BCUT2D eigenvalue weighted by molar-refractivity contribution is 6.19. The molecule has 0 aromatic carbocycles. The fourth-order valence-electron chi connectivity index (χ4n) is 0.415. The minimum absolute atomic E-state index is 0.103. The first-order valence-electron chi connectivity index (χ1n) is 3.93. The number of Topliss-reactive ketones (excluding diaryl/α,β-unsaturated/α-hetero) is 1. The van der Waals surface area contributed by atoms with Crippen LogP contribution >= 0.6 is 11.6 Å². The van der Waals surface area contributed by atoms with Crippen LogP contribution in [-0.2, 0) is 14.3 Å². The SMILES string of the molecule is CCOC(=O)CC(C)=O.FCC(F)Cl. The predicted octanol–water partition coefficient (Wildman–Crippen LogP) is 2.02. The third-order valence-electron chi connectivity index (χ3n) is 0.815. The summed E-state index contributed by atoms with van der Waals surface area (Å²) in [5, 5.41) is 0. The Labute approximate surface area is 86.4 Å². The van der Waals surface area contributed by atoms with Crippen LogP contribution in [0.5, 0.6) is 0 Å². The van der Waals surface area contributed by atoms with Crippen molar-refractivity contribution in [2.24, 2.45) is 0 Å². The average molecular weight is 231 g/mol. The summed E-state index contributed by atoms with van der Waals surface area (Å²) in [5.74, 6) is -0.599. The Morgan fingerprint density at radius 2 is 1.93 bits per heavy atom. The minimum atomic E-state index is -1.81. The predicted molar refractivity (Wildman–Crippen MR) is 48.7 cm³/mol. The molecule has 0 saturated heterocycles. The van der Waals surface area contributed by atoms with Crippen molar-refractivity contribution in [3.8, 4) is 0 Å². The number of alkyl halides is 3. The van der Waals surface area contributed by atoms with Crippen LogP contribution in [0.3, 0.4) is 0 Å². The first kappa shape index (κ1) is 15.7. The lowest BCUT2D eigenvalue weighted by atomic mass is 10.3. The molecule has 0 N–H and O–H groups in total. The maximum absolute atomic E-state index is 10.8. The topological polar surface area (TPSA) is 43.4 Å². The van der Waals surface area contributed by atoms with Gasteiger partial charge in [0.1, 0.15) is 18.9 Å². The highest BCUT2D eigenvalue weighted by Crippen LogP contribution is 1.94. The first-order chi connectivity index (χ1) is 6.43. The first-order valence-corrected chi connectivity index (χ1v) is 4.36. The molecule has 0 rings (SSSR count). The van der Waals surface area contributed by atoms with Gasteiger partial charge in [-0.25, -0.2) is 8.78 Å². The maximum Gasteiger partial charge on any atom is 0.313 e. The number of carbonyl (C=O) groups is 2. The lowest BCUT2D eigenvalue weighted by Gasteiger charge is -1.96. The quantitative estimate of drug-likeness (QED) is 0.422. The molecule has 3 nitrogen and oxygen atoms in total. The molecule has 1 atom stereocenters. The van der Waals surface area contributed by atoms with E-state index in [0.717, 1.165) is 0 Å². The van der Waals surface area contributed by atoms with E-state index in [-0.39, 0.29) is 12.2 Å². The molecule has 0 aliphatic rings. The standard InChI is InChI=1S/C6H10O3.C2H3ClF2/c1-3-9-6(8)4-5(2)7;3-2(5)1-4/h3-4H2,1-2H3;2H,1H2. The smallest absolute Gasteiger partial charge is 0.313 e. The van der Waals surface area contributed by atoms with Crippen molar-refractivity contribution in [3.63, 3.8) is 0 Å². The molecule has 0 spiro atoms. The van der Waals surface area contributed by atoms with Crippen LogP contribution in [0.15, 0.2) is 0 Å². The van der Waals surface area contributed by atoms with Gasteiger partial charge in [-0.2, -0.15) is 0 Å².